The second-order valence-corrected chi connectivity index (χ2v) is 5.97. The summed E-state index contributed by atoms with van der Waals surface area (Å²) in [4.78, 5) is 16.3. The van der Waals surface area contributed by atoms with Gasteiger partial charge in [0.25, 0.3) is 0 Å². The van der Waals surface area contributed by atoms with Crippen molar-refractivity contribution >= 4 is 5.91 Å². The van der Waals surface area contributed by atoms with Crippen molar-refractivity contribution in [1.29, 1.82) is 0 Å². The molecule has 0 atom stereocenters. The number of halogens is 1. The fourth-order valence-electron chi connectivity index (χ4n) is 2.93. The number of aromatic nitrogens is 2. The zero-order chi connectivity index (χ0) is 16.1. The summed E-state index contributed by atoms with van der Waals surface area (Å²) in [5.41, 5.74) is 0.638. The molecule has 6 heteroatoms. The van der Waals surface area contributed by atoms with Gasteiger partial charge in [-0.1, -0.05) is 36.6 Å². The first-order chi connectivity index (χ1) is 11.2. The van der Waals surface area contributed by atoms with Crippen LogP contribution < -0.4 is 5.32 Å². The summed E-state index contributed by atoms with van der Waals surface area (Å²) in [5.74, 6) is 0.982. The Morgan fingerprint density at radius 2 is 2.13 bits per heavy atom. The Morgan fingerprint density at radius 1 is 1.30 bits per heavy atom. The average molecular weight is 317 g/mol. The first-order valence-electron chi connectivity index (χ1n) is 8.04. The molecule has 0 unspecified atom stereocenters. The third-order valence-electron chi connectivity index (χ3n) is 4.14. The number of carbonyl (C=O) groups is 1. The van der Waals surface area contributed by atoms with Crippen molar-refractivity contribution in [3.05, 3.63) is 47.4 Å². The smallest absolute Gasteiger partial charge is 0.229 e. The molecule has 1 aliphatic carbocycles. The van der Waals surface area contributed by atoms with Crippen LogP contribution in [0.3, 0.4) is 0 Å². The Morgan fingerprint density at radius 3 is 2.91 bits per heavy atom. The molecule has 2 aromatic rings. The van der Waals surface area contributed by atoms with Crippen molar-refractivity contribution in [2.75, 3.05) is 0 Å². The maximum atomic E-state index is 13.1. The van der Waals surface area contributed by atoms with Gasteiger partial charge in [0, 0.05) is 5.92 Å². The second-order valence-electron chi connectivity index (χ2n) is 5.97. The SMILES string of the molecule is O=C(Cc1cccc(F)c1)NCc1noc(C2CCCCC2)n1. The van der Waals surface area contributed by atoms with Crippen LogP contribution in [-0.4, -0.2) is 16.0 Å². The van der Waals surface area contributed by atoms with Crippen LogP contribution in [0.2, 0.25) is 0 Å². The summed E-state index contributed by atoms with van der Waals surface area (Å²) in [6.07, 6.45) is 5.99. The fourth-order valence-corrected chi connectivity index (χ4v) is 2.93. The minimum atomic E-state index is -0.342. The lowest BCUT2D eigenvalue weighted by Gasteiger charge is -2.17. The molecule has 1 aliphatic rings. The third-order valence-corrected chi connectivity index (χ3v) is 4.14. The lowest BCUT2D eigenvalue weighted by molar-refractivity contribution is -0.120. The van der Waals surface area contributed by atoms with Crippen molar-refractivity contribution in [1.82, 2.24) is 15.5 Å². The van der Waals surface area contributed by atoms with E-state index in [2.05, 4.69) is 15.5 Å². The van der Waals surface area contributed by atoms with E-state index in [1.54, 1.807) is 12.1 Å². The molecule has 0 aliphatic heterocycles. The number of nitrogens with one attached hydrogen (secondary N) is 1. The van der Waals surface area contributed by atoms with Crippen molar-refractivity contribution < 1.29 is 13.7 Å². The highest BCUT2D eigenvalue weighted by Crippen LogP contribution is 2.31. The predicted octanol–water partition coefficient (Wildman–Crippen LogP) is 3.12. The quantitative estimate of drug-likeness (QED) is 0.920. The molecule has 1 amide bonds. The van der Waals surface area contributed by atoms with Crippen LogP contribution in [0.5, 0.6) is 0 Å². The topological polar surface area (TPSA) is 68.0 Å². The van der Waals surface area contributed by atoms with Crippen LogP contribution in [0.15, 0.2) is 28.8 Å². The highest BCUT2D eigenvalue weighted by Gasteiger charge is 2.21. The summed E-state index contributed by atoms with van der Waals surface area (Å²) >= 11 is 0. The van der Waals surface area contributed by atoms with Crippen LogP contribution in [0.25, 0.3) is 0 Å². The lowest BCUT2D eigenvalue weighted by Crippen LogP contribution is -2.25. The van der Waals surface area contributed by atoms with E-state index >= 15 is 0 Å². The number of rotatable bonds is 5. The summed E-state index contributed by atoms with van der Waals surface area (Å²) in [5, 5.41) is 6.66. The van der Waals surface area contributed by atoms with Crippen molar-refractivity contribution in [3.8, 4) is 0 Å². The van der Waals surface area contributed by atoms with Gasteiger partial charge in [0.15, 0.2) is 5.82 Å². The van der Waals surface area contributed by atoms with Crippen LogP contribution in [0.1, 0.15) is 55.3 Å². The van der Waals surface area contributed by atoms with E-state index in [1.165, 1.54) is 31.4 Å². The molecule has 122 valence electrons. The summed E-state index contributed by atoms with van der Waals surface area (Å²) in [7, 11) is 0. The van der Waals surface area contributed by atoms with Gasteiger partial charge in [0.05, 0.1) is 13.0 Å². The Bertz CT molecular complexity index is 665. The van der Waals surface area contributed by atoms with Gasteiger partial charge in [-0.3, -0.25) is 4.79 Å². The molecule has 0 saturated heterocycles. The van der Waals surface area contributed by atoms with Crippen LogP contribution in [0.4, 0.5) is 4.39 Å². The molecule has 1 heterocycles. The van der Waals surface area contributed by atoms with Gasteiger partial charge >= 0.3 is 0 Å². The predicted molar refractivity (Wildman–Crippen MR) is 82.1 cm³/mol. The number of nitrogens with zero attached hydrogens (tertiary/aromatic N) is 2. The minimum Gasteiger partial charge on any atom is -0.348 e. The van der Waals surface area contributed by atoms with Gasteiger partial charge in [0.2, 0.25) is 11.8 Å². The van der Waals surface area contributed by atoms with E-state index in [9.17, 15) is 9.18 Å². The number of benzene rings is 1. The number of carbonyl (C=O) groups excluding carboxylic acids is 1. The molecule has 5 nitrogen and oxygen atoms in total. The lowest BCUT2D eigenvalue weighted by atomic mass is 9.89. The molecular weight excluding hydrogens is 297 g/mol. The standard InChI is InChI=1S/C17H20FN3O2/c18-14-8-4-5-12(9-14)10-16(22)19-11-15-20-17(23-21-15)13-6-2-1-3-7-13/h4-5,8-9,13H,1-3,6-7,10-11H2,(H,19,22). The second kappa shape index (κ2) is 7.35. The number of amides is 1. The molecule has 23 heavy (non-hydrogen) atoms. The zero-order valence-corrected chi connectivity index (χ0v) is 12.9. The van der Waals surface area contributed by atoms with E-state index < -0.39 is 0 Å². The summed E-state index contributed by atoms with van der Waals surface area (Å²) in [6.45, 7) is 0.227. The van der Waals surface area contributed by atoms with Gasteiger partial charge in [-0.15, -0.1) is 0 Å². The van der Waals surface area contributed by atoms with Gasteiger partial charge in [-0.2, -0.15) is 4.98 Å². The number of hydrogen-bond donors (Lipinski definition) is 1. The highest BCUT2D eigenvalue weighted by atomic mass is 19.1. The first-order valence-corrected chi connectivity index (χ1v) is 8.04. The summed E-state index contributed by atoms with van der Waals surface area (Å²) < 4.78 is 18.4. The molecule has 1 aromatic carbocycles. The molecular formula is C17H20FN3O2. The van der Waals surface area contributed by atoms with E-state index in [0.717, 1.165) is 12.8 Å². The minimum absolute atomic E-state index is 0.130. The van der Waals surface area contributed by atoms with Crippen LogP contribution in [0, 0.1) is 5.82 Å². The van der Waals surface area contributed by atoms with Gasteiger partial charge in [-0.25, -0.2) is 4.39 Å². The van der Waals surface area contributed by atoms with Crippen LogP contribution in [-0.2, 0) is 17.8 Å². The Labute approximate surface area is 134 Å². The molecule has 1 N–H and O–H groups in total. The monoisotopic (exact) mass is 317 g/mol. The maximum Gasteiger partial charge on any atom is 0.229 e. The van der Waals surface area contributed by atoms with Gasteiger partial charge < -0.3 is 9.84 Å². The number of hydrogen-bond acceptors (Lipinski definition) is 4. The van der Waals surface area contributed by atoms with Crippen molar-refractivity contribution in [3.63, 3.8) is 0 Å². The molecule has 0 spiro atoms. The summed E-state index contributed by atoms with van der Waals surface area (Å²) in [6, 6.07) is 6.02. The van der Waals surface area contributed by atoms with E-state index in [1.807, 2.05) is 0 Å². The average Bonchev–Trinajstić information content (AvgIpc) is 3.03. The van der Waals surface area contributed by atoms with Crippen LogP contribution >= 0.6 is 0 Å². The normalized spacial score (nSPS) is 15.5. The van der Waals surface area contributed by atoms with Crippen molar-refractivity contribution in [2.45, 2.75) is 51.0 Å². The van der Waals surface area contributed by atoms with E-state index in [4.69, 9.17) is 4.52 Å². The maximum absolute atomic E-state index is 13.1. The highest BCUT2D eigenvalue weighted by molar-refractivity contribution is 5.78. The Hall–Kier alpha value is -2.24. The van der Waals surface area contributed by atoms with E-state index in [-0.39, 0.29) is 24.7 Å². The zero-order valence-electron chi connectivity index (χ0n) is 12.9. The largest absolute Gasteiger partial charge is 0.348 e. The third kappa shape index (κ3) is 4.37. The molecule has 1 aromatic heterocycles. The fraction of sp³-hybridized carbons (Fsp3) is 0.471. The Kier molecular flexibility index (Phi) is 5.00. The molecule has 0 radical (unpaired) electrons. The molecule has 1 saturated carbocycles. The van der Waals surface area contributed by atoms with Gasteiger partial charge in [-0.05, 0) is 30.5 Å². The first kappa shape index (κ1) is 15.6. The van der Waals surface area contributed by atoms with Gasteiger partial charge in [0.1, 0.15) is 5.82 Å². The molecule has 3 rings (SSSR count). The molecule has 0 bridgehead atoms. The van der Waals surface area contributed by atoms with E-state index in [0.29, 0.717) is 23.2 Å². The Balaban J connectivity index is 1.50. The van der Waals surface area contributed by atoms with Crippen molar-refractivity contribution in [2.24, 2.45) is 0 Å². The molecule has 1 fully saturated rings.